The number of sulfonamides is 1. The maximum atomic E-state index is 13.6. The van der Waals surface area contributed by atoms with E-state index in [2.05, 4.69) is 21.0 Å². The van der Waals surface area contributed by atoms with Crippen LogP contribution in [0, 0.1) is 11.8 Å². The van der Waals surface area contributed by atoms with Crippen LogP contribution in [0.1, 0.15) is 64.5 Å². The first-order valence-electron chi connectivity index (χ1n) is 16.4. The largest absolute Gasteiger partial charge is 0.490 e. The fourth-order valence-corrected chi connectivity index (χ4v) is 8.59. The number of anilines is 1. The quantitative estimate of drug-likeness (QED) is 0.397. The van der Waals surface area contributed by atoms with E-state index in [-0.39, 0.29) is 34.8 Å². The Morgan fingerprint density at radius 3 is 2.72 bits per heavy atom. The van der Waals surface area contributed by atoms with Gasteiger partial charge in [0.25, 0.3) is 15.9 Å². The summed E-state index contributed by atoms with van der Waals surface area (Å²) in [6.07, 6.45) is 7.15. The zero-order chi connectivity index (χ0) is 33.6. The third-order valence-electron chi connectivity index (χ3n) is 9.96. The lowest BCUT2D eigenvalue weighted by Gasteiger charge is -2.46. The molecule has 2 aliphatic heterocycles. The van der Waals surface area contributed by atoms with Crippen LogP contribution in [0.15, 0.2) is 53.4 Å². The molecule has 4 atom stereocenters. The first-order chi connectivity index (χ1) is 22.3. The number of nitrogens with one attached hydrogen (secondary N) is 2. The average molecular weight is 686 g/mol. The van der Waals surface area contributed by atoms with Crippen LogP contribution in [0.25, 0.3) is 0 Å². The number of alkyl carbamates (subject to hydrolysis) is 1. The molecule has 47 heavy (non-hydrogen) atoms. The van der Waals surface area contributed by atoms with Gasteiger partial charge in [0.05, 0.1) is 23.8 Å². The van der Waals surface area contributed by atoms with Gasteiger partial charge in [-0.15, -0.1) is 0 Å². The van der Waals surface area contributed by atoms with Crippen LogP contribution in [-0.4, -0.2) is 64.5 Å². The van der Waals surface area contributed by atoms with Gasteiger partial charge in [-0.1, -0.05) is 23.7 Å². The number of hydrogen-bond donors (Lipinski definition) is 2. The minimum atomic E-state index is -4.23. The molecule has 2 aromatic carbocycles. The molecular formula is C35H44ClN3O7S. The highest BCUT2D eigenvalue weighted by Crippen LogP contribution is 2.47. The molecule has 2 heterocycles. The summed E-state index contributed by atoms with van der Waals surface area (Å²) in [6.45, 7) is 8.45. The van der Waals surface area contributed by atoms with Gasteiger partial charge < -0.3 is 24.4 Å². The number of nitrogens with zero attached hydrogens (tertiary/aromatic N) is 1. The molecule has 0 unspecified atom stereocenters. The summed E-state index contributed by atoms with van der Waals surface area (Å²) in [5, 5.41) is 3.53. The number of carbonyl (C=O) groups is 2. The van der Waals surface area contributed by atoms with Crippen molar-refractivity contribution in [2.24, 2.45) is 11.8 Å². The van der Waals surface area contributed by atoms with Gasteiger partial charge >= 0.3 is 6.09 Å². The maximum Gasteiger partial charge on any atom is 0.407 e. The van der Waals surface area contributed by atoms with Gasteiger partial charge in [-0.25, -0.2) is 17.9 Å². The van der Waals surface area contributed by atoms with Gasteiger partial charge in [-0.05, 0) is 113 Å². The van der Waals surface area contributed by atoms with Crippen molar-refractivity contribution in [1.29, 1.82) is 0 Å². The minimum absolute atomic E-state index is 0.0256. The average Bonchev–Trinajstić information content (AvgIpc) is 3.13. The monoisotopic (exact) mass is 685 g/mol. The highest BCUT2D eigenvalue weighted by atomic mass is 35.5. The predicted octanol–water partition coefficient (Wildman–Crippen LogP) is 5.51. The first-order valence-corrected chi connectivity index (χ1v) is 18.3. The second-order valence-electron chi connectivity index (χ2n) is 14.1. The number of hydrogen-bond acceptors (Lipinski definition) is 8. The molecule has 2 N–H and O–H groups in total. The van der Waals surface area contributed by atoms with Gasteiger partial charge in [0.1, 0.15) is 17.5 Å². The van der Waals surface area contributed by atoms with Crippen molar-refractivity contribution in [2.75, 3.05) is 31.2 Å². The summed E-state index contributed by atoms with van der Waals surface area (Å²) in [5.41, 5.74) is 1.26. The third-order valence-corrected chi connectivity index (χ3v) is 11.5. The van der Waals surface area contributed by atoms with Crippen molar-refractivity contribution in [2.45, 2.75) is 87.9 Å². The SMILES string of the molecule is CC(C)NC(=O)O[C@H]1/C=C/COC(C)(C)C(=O)NS(=O)(=O)c2ccc3c(c2)N(C[C@@H]2CC[C@H]21)C[C@@]1(CCCc2cc(Cl)ccc21)CO3. The zero-order valence-corrected chi connectivity index (χ0v) is 29.0. The Morgan fingerprint density at radius 1 is 1.17 bits per heavy atom. The van der Waals surface area contributed by atoms with Crippen LogP contribution < -0.4 is 19.7 Å². The van der Waals surface area contributed by atoms with E-state index in [1.54, 1.807) is 18.2 Å². The number of aryl methyl sites for hydroxylation is 1. The minimum Gasteiger partial charge on any atom is -0.490 e. The summed E-state index contributed by atoms with van der Waals surface area (Å²) in [4.78, 5) is 28.2. The lowest BCUT2D eigenvalue weighted by Crippen LogP contribution is -2.50. The van der Waals surface area contributed by atoms with Gasteiger partial charge in [0.2, 0.25) is 0 Å². The number of fused-ring (bicyclic) bond motifs is 4. The van der Waals surface area contributed by atoms with Crippen molar-refractivity contribution in [3.8, 4) is 5.75 Å². The van der Waals surface area contributed by atoms with E-state index in [0.717, 1.165) is 32.1 Å². The van der Waals surface area contributed by atoms with Crippen LogP contribution in [0.5, 0.6) is 5.75 Å². The summed E-state index contributed by atoms with van der Waals surface area (Å²) in [7, 11) is -4.23. The Bertz CT molecular complexity index is 1680. The van der Waals surface area contributed by atoms with Crippen molar-refractivity contribution < 1.29 is 32.2 Å². The van der Waals surface area contributed by atoms with Gasteiger partial charge in [0.15, 0.2) is 0 Å². The van der Waals surface area contributed by atoms with E-state index in [0.29, 0.717) is 36.2 Å². The summed E-state index contributed by atoms with van der Waals surface area (Å²) in [5.74, 6) is -0.0298. The Balaban J connectivity index is 1.42. The smallest absolute Gasteiger partial charge is 0.407 e. The van der Waals surface area contributed by atoms with Crippen LogP contribution >= 0.6 is 11.6 Å². The molecule has 254 valence electrons. The normalized spacial score (nSPS) is 28.9. The van der Waals surface area contributed by atoms with E-state index >= 15 is 0 Å². The highest BCUT2D eigenvalue weighted by molar-refractivity contribution is 7.90. The fourth-order valence-electron chi connectivity index (χ4n) is 7.28. The van der Waals surface area contributed by atoms with E-state index < -0.39 is 33.7 Å². The van der Waals surface area contributed by atoms with Crippen LogP contribution in [-0.2, 0) is 36.1 Å². The number of ether oxygens (including phenoxy) is 3. The topological polar surface area (TPSA) is 123 Å². The molecule has 12 heteroatoms. The molecule has 0 saturated heterocycles. The maximum absolute atomic E-state index is 13.6. The number of rotatable bonds is 2. The Morgan fingerprint density at radius 2 is 1.98 bits per heavy atom. The lowest BCUT2D eigenvalue weighted by molar-refractivity contribution is -0.139. The van der Waals surface area contributed by atoms with Crippen molar-refractivity contribution in [3.05, 3.63) is 64.7 Å². The second kappa shape index (κ2) is 13.0. The zero-order valence-electron chi connectivity index (χ0n) is 27.4. The molecule has 1 fully saturated rings. The van der Waals surface area contributed by atoms with Gasteiger partial charge in [-0.2, -0.15) is 0 Å². The molecule has 1 saturated carbocycles. The molecule has 0 aromatic heterocycles. The van der Waals surface area contributed by atoms with Crippen molar-refractivity contribution in [3.63, 3.8) is 0 Å². The van der Waals surface area contributed by atoms with Crippen LogP contribution in [0.2, 0.25) is 5.02 Å². The highest BCUT2D eigenvalue weighted by Gasteiger charge is 2.45. The van der Waals surface area contributed by atoms with Gasteiger partial charge in [0, 0.05) is 35.5 Å². The van der Waals surface area contributed by atoms with Gasteiger partial charge in [-0.3, -0.25) is 4.79 Å². The molecule has 1 spiro atoms. The molecule has 2 bridgehead atoms. The van der Waals surface area contributed by atoms with Crippen molar-refractivity contribution in [1.82, 2.24) is 10.0 Å². The molecule has 6 rings (SSSR count). The first kappa shape index (κ1) is 33.6. The Hall–Kier alpha value is -3.28. The molecule has 10 nitrogen and oxygen atoms in total. The van der Waals surface area contributed by atoms with Crippen LogP contribution in [0.3, 0.4) is 0 Å². The predicted molar refractivity (Wildman–Crippen MR) is 179 cm³/mol. The standard InChI is InChI=1S/C35H44ClN3O7S/c1-22(2)37-33(41)46-30-8-6-16-45-34(3,4)32(40)38-47(42,43)26-11-14-31-29(18-26)39(19-24-9-12-27(24)30)20-35(21-44-31)15-5-7-23-17-25(36)10-13-28(23)35/h6,8,10-11,13-14,17-18,22,24,27,30H,5,7,9,12,15-16,19-21H2,1-4H3,(H,37,41)(H,38,40)/b8-6+/t24-,27+,30-,35-/m0/s1. The second-order valence-corrected chi connectivity index (χ2v) is 16.2. The molecule has 2 aromatic rings. The molecule has 4 aliphatic rings. The van der Waals surface area contributed by atoms with Crippen molar-refractivity contribution >= 4 is 39.3 Å². The van der Waals surface area contributed by atoms with E-state index in [1.165, 1.54) is 31.0 Å². The molecule has 2 aliphatic carbocycles. The number of benzene rings is 2. The number of carbonyl (C=O) groups excluding carboxylic acids is 2. The summed E-state index contributed by atoms with van der Waals surface area (Å²) >= 11 is 6.41. The third kappa shape index (κ3) is 6.98. The Labute approximate surface area is 282 Å². The summed E-state index contributed by atoms with van der Waals surface area (Å²) in [6, 6.07) is 10.8. The molecule has 2 amide bonds. The number of halogens is 1. The fraction of sp³-hybridized carbons (Fsp3) is 0.543. The summed E-state index contributed by atoms with van der Waals surface area (Å²) < 4.78 is 47.7. The van der Waals surface area contributed by atoms with E-state index in [9.17, 15) is 18.0 Å². The van der Waals surface area contributed by atoms with E-state index in [4.69, 9.17) is 25.8 Å². The van der Waals surface area contributed by atoms with Crippen LogP contribution in [0.4, 0.5) is 10.5 Å². The Kier molecular flexibility index (Phi) is 9.28. The number of amides is 2. The molecular weight excluding hydrogens is 642 g/mol. The lowest BCUT2D eigenvalue weighted by atomic mass is 9.68. The molecule has 0 radical (unpaired) electrons. The van der Waals surface area contributed by atoms with E-state index in [1.807, 2.05) is 32.1 Å².